The third-order valence-corrected chi connectivity index (χ3v) is 4.82. The van der Waals surface area contributed by atoms with Gasteiger partial charge < -0.3 is 5.32 Å². The predicted molar refractivity (Wildman–Crippen MR) is 94.3 cm³/mol. The van der Waals surface area contributed by atoms with Crippen LogP contribution in [0.1, 0.15) is 42.5 Å². The van der Waals surface area contributed by atoms with E-state index in [-0.39, 0.29) is 0 Å². The molecular formula is C18H20IN. The molecule has 2 aromatic carbocycles. The zero-order valence-corrected chi connectivity index (χ0v) is 14.0. The van der Waals surface area contributed by atoms with Crippen molar-refractivity contribution in [2.24, 2.45) is 0 Å². The highest BCUT2D eigenvalue weighted by Gasteiger charge is 2.12. The van der Waals surface area contributed by atoms with E-state index < -0.39 is 0 Å². The third-order valence-electron chi connectivity index (χ3n) is 4.10. The maximum absolute atomic E-state index is 3.59. The number of halogens is 1. The molecule has 0 spiro atoms. The lowest BCUT2D eigenvalue weighted by atomic mass is 9.89. The first kappa shape index (κ1) is 13.9. The highest BCUT2D eigenvalue weighted by molar-refractivity contribution is 14.1. The van der Waals surface area contributed by atoms with Crippen molar-refractivity contribution in [1.29, 1.82) is 0 Å². The summed E-state index contributed by atoms with van der Waals surface area (Å²) in [7, 11) is 0. The Morgan fingerprint density at radius 3 is 2.40 bits per heavy atom. The molecule has 1 N–H and O–H groups in total. The molecule has 2 aromatic rings. The number of anilines is 1. The van der Waals surface area contributed by atoms with Crippen LogP contribution in [-0.4, -0.2) is 0 Å². The fourth-order valence-electron chi connectivity index (χ4n) is 2.90. The van der Waals surface area contributed by atoms with E-state index in [1.54, 1.807) is 11.1 Å². The normalized spacial score (nSPS) is 15.5. The van der Waals surface area contributed by atoms with Crippen molar-refractivity contribution < 1.29 is 0 Å². The Kier molecular flexibility index (Phi) is 4.29. The lowest BCUT2D eigenvalue weighted by Crippen LogP contribution is -2.09. The van der Waals surface area contributed by atoms with Crippen molar-refractivity contribution in [3.05, 3.63) is 62.7 Å². The second-order valence-electron chi connectivity index (χ2n) is 5.61. The van der Waals surface area contributed by atoms with Crippen LogP contribution in [0.2, 0.25) is 0 Å². The molecule has 0 aliphatic heterocycles. The molecule has 0 amide bonds. The van der Waals surface area contributed by atoms with Crippen molar-refractivity contribution in [2.45, 2.75) is 38.6 Å². The molecule has 0 bridgehead atoms. The number of benzene rings is 2. The Morgan fingerprint density at radius 1 is 0.950 bits per heavy atom. The summed E-state index contributed by atoms with van der Waals surface area (Å²) in [6, 6.07) is 15.9. The monoisotopic (exact) mass is 377 g/mol. The standard InChI is InChI=1S/C18H20IN/c1-13(20-18-10-8-17(19)9-11-18)15-7-6-14-4-2-3-5-16(14)12-15/h6-13,20H,2-5H2,1H3. The minimum absolute atomic E-state index is 0.349. The zero-order valence-electron chi connectivity index (χ0n) is 11.8. The zero-order chi connectivity index (χ0) is 13.9. The molecule has 0 aromatic heterocycles. The molecule has 0 saturated heterocycles. The molecule has 1 unspecified atom stereocenters. The Bertz CT molecular complexity index is 589. The molecule has 0 saturated carbocycles. The molecule has 1 aliphatic carbocycles. The van der Waals surface area contributed by atoms with Gasteiger partial charge in [0.25, 0.3) is 0 Å². The van der Waals surface area contributed by atoms with E-state index in [0.717, 1.165) is 0 Å². The van der Waals surface area contributed by atoms with Gasteiger partial charge in [0.15, 0.2) is 0 Å². The Hall–Kier alpha value is -1.03. The summed E-state index contributed by atoms with van der Waals surface area (Å²) in [6.07, 6.45) is 5.20. The largest absolute Gasteiger partial charge is 0.379 e. The lowest BCUT2D eigenvalue weighted by molar-refractivity contribution is 0.683. The number of hydrogen-bond donors (Lipinski definition) is 1. The molecule has 104 valence electrons. The van der Waals surface area contributed by atoms with Crippen LogP contribution < -0.4 is 5.32 Å². The SMILES string of the molecule is CC(Nc1ccc(I)cc1)c1ccc2c(c1)CCCC2. The van der Waals surface area contributed by atoms with Gasteiger partial charge >= 0.3 is 0 Å². The molecule has 1 aliphatic rings. The Labute approximate surface area is 134 Å². The average molecular weight is 377 g/mol. The van der Waals surface area contributed by atoms with Crippen LogP contribution in [0.15, 0.2) is 42.5 Å². The van der Waals surface area contributed by atoms with Gasteiger partial charge in [-0.3, -0.25) is 0 Å². The summed E-state index contributed by atoms with van der Waals surface area (Å²) >= 11 is 2.34. The van der Waals surface area contributed by atoms with Gasteiger partial charge in [0, 0.05) is 15.3 Å². The second-order valence-corrected chi connectivity index (χ2v) is 6.85. The van der Waals surface area contributed by atoms with Crippen molar-refractivity contribution >= 4 is 28.3 Å². The summed E-state index contributed by atoms with van der Waals surface area (Å²) in [5.74, 6) is 0. The maximum Gasteiger partial charge on any atom is 0.0485 e. The van der Waals surface area contributed by atoms with Gasteiger partial charge in [0.1, 0.15) is 0 Å². The van der Waals surface area contributed by atoms with E-state index in [1.807, 2.05) is 0 Å². The number of hydrogen-bond acceptors (Lipinski definition) is 1. The quantitative estimate of drug-likeness (QED) is 0.712. The Balaban J connectivity index is 1.76. The maximum atomic E-state index is 3.59. The van der Waals surface area contributed by atoms with E-state index in [4.69, 9.17) is 0 Å². The molecule has 1 atom stereocenters. The molecule has 3 rings (SSSR count). The number of rotatable bonds is 3. The number of nitrogens with one attached hydrogen (secondary N) is 1. The molecule has 2 heteroatoms. The molecule has 0 fully saturated rings. The fourth-order valence-corrected chi connectivity index (χ4v) is 3.26. The van der Waals surface area contributed by atoms with Crippen LogP contribution in [0.25, 0.3) is 0 Å². The van der Waals surface area contributed by atoms with Crippen molar-refractivity contribution in [1.82, 2.24) is 0 Å². The van der Waals surface area contributed by atoms with Crippen molar-refractivity contribution in [2.75, 3.05) is 5.32 Å². The van der Waals surface area contributed by atoms with Crippen LogP contribution in [0, 0.1) is 3.57 Å². The molecule has 0 heterocycles. The van der Waals surface area contributed by atoms with Gasteiger partial charge in [-0.1, -0.05) is 18.2 Å². The van der Waals surface area contributed by atoms with Crippen LogP contribution in [0.5, 0.6) is 0 Å². The van der Waals surface area contributed by atoms with E-state index in [9.17, 15) is 0 Å². The Morgan fingerprint density at radius 2 is 1.65 bits per heavy atom. The first-order valence-electron chi connectivity index (χ1n) is 7.36. The minimum atomic E-state index is 0.349. The van der Waals surface area contributed by atoms with E-state index in [2.05, 4.69) is 77.3 Å². The van der Waals surface area contributed by atoms with Crippen LogP contribution in [0.4, 0.5) is 5.69 Å². The van der Waals surface area contributed by atoms with Gasteiger partial charge in [-0.25, -0.2) is 0 Å². The average Bonchev–Trinajstić information content (AvgIpc) is 2.49. The van der Waals surface area contributed by atoms with Crippen LogP contribution in [0.3, 0.4) is 0 Å². The second kappa shape index (κ2) is 6.17. The van der Waals surface area contributed by atoms with Gasteiger partial charge in [-0.15, -0.1) is 0 Å². The third kappa shape index (κ3) is 3.17. The van der Waals surface area contributed by atoms with E-state index in [1.165, 1.54) is 40.5 Å². The first-order valence-corrected chi connectivity index (χ1v) is 8.44. The van der Waals surface area contributed by atoms with Crippen LogP contribution >= 0.6 is 22.6 Å². The summed E-state index contributed by atoms with van der Waals surface area (Å²) in [6.45, 7) is 2.24. The van der Waals surface area contributed by atoms with Crippen LogP contribution in [-0.2, 0) is 12.8 Å². The first-order chi connectivity index (χ1) is 9.72. The summed E-state index contributed by atoms with van der Waals surface area (Å²) in [5.41, 5.74) is 5.70. The van der Waals surface area contributed by atoms with Crippen molar-refractivity contribution in [3.8, 4) is 0 Å². The van der Waals surface area contributed by atoms with Gasteiger partial charge in [-0.05, 0) is 96.2 Å². The molecule has 0 radical (unpaired) electrons. The molecular weight excluding hydrogens is 357 g/mol. The van der Waals surface area contributed by atoms with E-state index in [0.29, 0.717) is 6.04 Å². The number of fused-ring (bicyclic) bond motifs is 1. The van der Waals surface area contributed by atoms with Gasteiger partial charge in [0.2, 0.25) is 0 Å². The highest BCUT2D eigenvalue weighted by atomic mass is 127. The summed E-state index contributed by atoms with van der Waals surface area (Å²) in [4.78, 5) is 0. The van der Waals surface area contributed by atoms with Gasteiger partial charge in [-0.2, -0.15) is 0 Å². The number of aryl methyl sites for hydroxylation is 2. The highest BCUT2D eigenvalue weighted by Crippen LogP contribution is 2.26. The van der Waals surface area contributed by atoms with E-state index >= 15 is 0 Å². The molecule has 20 heavy (non-hydrogen) atoms. The predicted octanol–water partition coefficient (Wildman–Crippen LogP) is 5.34. The summed E-state index contributed by atoms with van der Waals surface area (Å²) < 4.78 is 1.27. The lowest BCUT2D eigenvalue weighted by Gasteiger charge is -2.20. The van der Waals surface area contributed by atoms with Gasteiger partial charge in [0.05, 0.1) is 0 Å². The topological polar surface area (TPSA) is 12.0 Å². The fraction of sp³-hybridized carbons (Fsp3) is 0.333. The minimum Gasteiger partial charge on any atom is -0.379 e. The smallest absolute Gasteiger partial charge is 0.0485 e. The van der Waals surface area contributed by atoms with Crippen molar-refractivity contribution in [3.63, 3.8) is 0 Å². The summed E-state index contributed by atoms with van der Waals surface area (Å²) in [5, 5.41) is 3.59. The molecule has 1 nitrogen and oxygen atoms in total.